The van der Waals surface area contributed by atoms with Gasteiger partial charge in [0.1, 0.15) is 11.6 Å². The lowest BCUT2D eigenvalue weighted by atomic mass is 10.2. The van der Waals surface area contributed by atoms with Crippen molar-refractivity contribution in [2.45, 2.75) is 0 Å². The van der Waals surface area contributed by atoms with Gasteiger partial charge in [0.15, 0.2) is 0 Å². The minimum absolute atomic E-state index is 0.193. The van der Waals surface area contributed by atoms with Crippen LogP contribution >= 0.6 is 23.2 Å². The predicted molar refractivity (Wildman–Crippen MR) is 70.8 cm³/mol. The molecule has 0 fully saturated rings. The van der Waals surface area contributed by atoms with Gasteiger partial charge in [-0.15, -0.1) is 0 Å². The maximum atomic E-state index is 13.4. The zero-order valence-electron chi connectivity index (χ0n) is 9.38. The fourth-order valence-corrected chi connectivity index (χ4v) is 1.72. The van der Waals surface area contributed by atoms with Crippen molar-refractivity contribution in [1.29, 1.82) is 0 Å². The van der Waals surface area contributed by atoms with Gasteiger partial charge in [-0.3, -0.25) is 4.79 Å². The predicted octanol–water partition coefficient (Wildman–Crippen LogP) is 4.52. The number of carbonyl (C=O) groups is 1. The van der Waals surface area contributed by atoms with Gasteiger partial charge in [-0.25, -0.2) is 8.78 Å². The highest BCUT2D eigenvalue weighted by atomic mass is 35.5. The van der Waals surface area contributed by atoms with Crippen LogP contribution in [0.1, 0.15) is 10.4 Å². The summed E-state index contributed by atoms with van der Waals surface area (Å²) in [4.78, 5) is 11.8. The Morgan fingerprint density at radius 1 is 1.00 bits per heavy atom. The number of halogens is 4. The highest BCUT2D eigenvalue weighted by Gasteiger charge is 2.11. The molecule has 1 amide bonds. The number of rotatable bonds is 2. The second-order valence-corrected chi connectivity index (χ2v) is 4.52. The highest BCUT2D eigenvalue weighted by Crippen LogP contribution is 2.23. The number of hydrogen-bond donors (Lipinski definition) is 1. The van der Waals surface area contributed by atoms with Crippen LogP contribution < -0.4 is 5.32 Å². The summed E-state index contributed by atoms with van der Waals surface area (Å²) in [6, 6.07) is 7.01. The van der Waals surface area contributed by atoms with Crippen LogP contribution in [0.25, 0.3) is 0 Å². The molecular formula is C13H7Cl2F2NO. The number of anilines is 1. The monoisotopic (exact) mass is 301 g/mol. The summed E-state index contributed by atoms with van der Waals surface area (Å²) in [6.45, 7) is 0. The minimum atomic E-state index is -0.727. The Bertz CT molecular complexity index is 647. The summed E-state index contributed by atoms with van der Waals surface area (Å²) in [6.07, 6.45) is 0. The molecule has 0 bridgehead atoms. The van der Waals surface area contributed by atoms with Gasteiger partial charge in [0.25, 0.3) is 5.91 Å². The van der Waals surface area contributed by atoms with E-state index < -0.39 is 17.5 Å². The summed E-state index contributed by atoms with van der Waals surface area (Å²) in [5, 5.41) is 2.76. The van der Waals surface area contributed by atoms with E-state index in [0.29, 0.717) is 5.02 Å². The van der Waals surface area contributed by atoms with E-state index in [2.05, 4.69) is 5.32 Å². The molecule has 0 atom stereocenters. The summed E-state index contributed by atoms with van der Waals surface area (Å²) in [5.41, 5.74) is -0.0471. The maximum absolute atomic E-state index is 13.4. The number of benzene rings is 2. The van der Waals surface area contributed by atoms with E-state index in [1.54, 1.807) is 0 Å². The second kappa shape index (κ2) is 5.55. The molecule has 0 aliphatic carbocycles. The Kier molecular flexibility index (Phi) is 4.02. The van der Waals surface area contributed by atoms with Gasteiger partial charge in [0.2, 0.25) is 0 Å². The summed E-state index contributed by atoms with van der Waals surface area (Å²) < 4.78 is 26.3. The molecule has 0 aliphatic rings. The standard InChI is InChI=1S/C13H7Cl2F2NO/c14-9-3-1-7(5-10(9)15)13(19)18-12-6-8(16)2-4-11(12)17/h1-6H,(H,18,19). The summed E-state index contributed by atoms with van der Waals surface area (Å²) in [7, 11) is 0. The van der Waals surface area contributed by atoms with Crippen molar-refractivity contribution in [2.24, 2.45) is 0 Å². The van der Waals surface area contributed by atoms with E-state index in [1.807, 2.05) is 0 Å². The molecule has 0 aromatic heterocycles. The highest BCUT2D eigenvalue weighted by molar-refractivity contribution is 6.42. The molecule has 0 unspecified atom stereocenters. The van der Waals surface area contributed by atoms with Crippen molar-refractivity contribution in [3.05, 3.63) is 63.6 Å². The molecule has 98 valence electrons. The fourth-order valence-electron chi connectivity index (χ4n) is 1.43. The third-order valence-corrected chi connectivity index (χ3v) is 3.10. The van der Waals surface area contributed by atoms with Gasteiger partial charge in [-0.05, 0) is 30.3 Å². The number of amides is 1. The number of hydrogen-bond acceptors (Lipinski definition) is 1. The van der Waals surface area contributed by atoms with Crippen molar-refractivity contribution in [3.8, 4) is 0 Å². The molecule has 2 rings (SSSR count). The SMILES string of the molecule is O=C(Nc1cc(F)ccc1F)c1ccc(Cl)c(Cl)c1. The minimum Gasteiger partial charge on any atom is -0.319 e. The second-order valence-electron chi connectivity index (χ2n) is 3.71. The van der Waals surface area contributed by atoms with Crippen LogP contribution in [0.4, 0.5) is 14.5 Å². The van der Waals surface area contributed by atoms with Crippen molar-refractivity contribution >= 4 is 34.8 Å². The zero-order chi connectivity index (χ0) is 14.0. The third kappa shape index (κ3) is 3.22. The van der Waals surface area contributed by atoms with Crippen molar-refractivity contribution < 1.29 is 13.6 Å². The van der Waals surface area contributed by atoms with E-state index in [4.69, 9.17) is 23.2 Å². The van der Waals surface area contributed by atoms with Gasteiger partial charge >= 0.3 is 0 Å². The molecule has 19 heavy (non-hydrogen) atoms. The van der Waals surface area contributed by atoms with Crippen LogP contribution in [-0.2, 0) is 0 Å². The van der Waals surface area contributed by atoms with Crippen molar-refractivity contribution in [3.63, 3.8) is 0 Å². The maximum Gasteiger partial charge on any atom is 0.255 e. The average molecular weight is 302 g/mol. The quantitative estimate of drug-likeness (QED) is 0.868. The first-order valence-electron chi connectivity index (χ1n) is 5.19. The van der Waals surface area contributed by atoms with E-state index in [0.717, 1.165) is 18.2 Å². The van der Waals surface area contributed by atoms with Crippen molar-refractivity contribution in [1.82, 2.24) is 0 Å². The summed E-state index contributed by atoms with van der Waals surface area (Å²) >= 11 is 11.5. The molecule has 6 heteroatoms. The van der Waals surface area contributed by atoms with Gasteiger partial charge < -0.3 is 5.32 Å². The summed E-state index contributed by atoms with van der Waals surface area (Å²) in [5.74, 6) is -1.98. The molecule has 0 saturated carbocycles. The first kappa shape index (κ1) is 13.8. The van der Waals surface area contributed by atoms with Crippen LogP contribution in [0.3, 0.4) is 0 Å². The van der Waals surface area contributed by atoms with Gasteiger partial charge in [-0.2, -0.15) is 0 Å². The molecule has 2 aromatic carbocycles. The van der Waals surface area contributed by atoms with E-state index in [-0.39, 0.29) is 16.3 Å². The van der Waals surface area contributed by atoms with Gasteiger partial charge in [-0.1, -0.05) is 23.2 Å². The Hall–Kier alpha value is -1.65. The molecule has 0 heterocycles. The lowest BCUT2D eigenvalue weighted by Crippen LogP contribution is -2.13. The van der Waals surface area contributed by atoms with Crippen LogP contribution in [0.5, 0.6) is 0 Å². The number of carbonyl (C=O) groups excluding carboxylic acids is 1. The molecule has 0 spiro atoms. The van der Waals surface area contributed by atoms with Crippen LogP contribution in [-0.4, -0.2) is 5.91 Å². The zero-order valence-corrected chi connectivity index (χ0v) is 10.9. The molecule has 2 aromatic rings. The van der Waals surface area contributed by atoms with Gasteiger partial charge in [0.05, 0.1) is 15.7 Å². The first-order chi connectivity index (χ1) is 8.97. The Morgan fingerprint density at radius 3 is 2.42 bits per heavy atom. The molecular weight excluding hydrogens is 295 g/mol. The largest absolute Gasteiger partial charge is 0.319 e. The van der Waals surface area contributed by atoms with Crippen molar-refractivity contribution in [2.75, 3.05) is 5.32 Å². The smallest absolute Gasteiger partial charge is 0.255 e. The topological polar surface area (TPSA) is 29.1 Å². The van der Waals surface area contributed by atoms with E-state index >= 15 is 0 Å². The molecule has 1 N–H and O–H groups in total. The Balaban J connectivity index is 2.25. The molecule has 0 aliphatic heterocycles. The van der Waals surface area contributed by atoms with E-state index in [1.165, 1.54) is 18.2 Å². The van der Waals surface area contributed by atoms with Gasteiger partial charge in [0, 0.05) is 11.6 Å². The normalized spacial score (nSPS) is 10.3. The fraction of sp³-hybridized carbons (Fsp3) is 0. The number of nitrogens with one attached hydrogen (secondary N) is 1. The molecule has 2 nitrogen and oxygen atoms in total. The first-order valence-corrected chi connectivity index (χ1v) is 5.94. The van der Waals surface area contributed by atoms with Crippen LogP contribution in [0, 0.1) is 11.6 Å². The molecule has 0 radical (unpaired) electrons. The Labute approximate surface area is 118 Å². The van der Waals surface area contributed by atoms with E-state index in [9.17, 15) is 13.6 Å². The van der Waals surface area contributed by atoms with Crippen LogP contribution in [0.15, 0.2) is 36.4 Å². The molecule has 0 saturated heterocycles. The Morgan fingerprint density at radius 2 is 1.74 bits per heavy atom. The average Bonchev–Trinajstić information content (AvgIpc) is 2.37. The third-order valence-electron chi connectivity index (χ3n) is 2.36. The lowest BCUT2D eigenvalue weighted by molar-refractivity contribution is 0.102. The van der Waals surface area contributed by atoms with Crippen LogP contribution in [0.2, 0.25) is 10.0 Å². The lowest BCUT2D eigenvalue weighted by Gasteiger charge is -2.07.